The molecule has 3 amide bonds. The molecule has 0 saturated carbocycles. The van der Waals surface area contributed by atoms with E-state index in [1.54, 1.807) is 20.8 Å². The highest BCUT2D eigenvalue weighted by atomic mass is 16.6. The predicted octanol–water partition coefficient (Wildman–Crippen LogP) is 4.16. The lowest BCUT2D eigenvalue weighted by atomic mass is 10.1. The number of carbonyl (C=O) groups excluding carboxylic acids is 5. The van der Waals surface area contributed by atoms with Crippen LogP contribution in [0.5, 0.6) is 0 Å². The number of unbranched alkanes of at least 4 members (excludes halogenated alkanes) is 1. The van der Waals surface area contributed by atoms with E-state index in [4.69, 9.17) is 18.9 Å². The van der Waals surface area contributed by atoms with E-state index in [1.165, 1.54) is 7.11 Å². The van der Waals surface area contributed by atoms with Crippen molar-refractivity contribution in [1.82, 2.24) is 16.0 Å². The maximum Gasteiger partial charge on any atom is 0.408 e. The lowest BCUT2D eigenvalue weighted by Gasteiger charge is -2.24. The molecule has 3 N–H and O–H groups in total. The zero-order chi connectivity index (χ0) is 32.4. The summed E-state index contributed by atoms with van der Waals surface area (Å²) in [5.41, 5.74) is 0.848. The lowest BCUT2D eigenvalue weighted by Crippen LogP contribution is -2.52. The minimum Gasteiger partial charge on any atom is -0.467 e. The molecule has 240 valence electrons. The fourth-order valence-electron chi connectivity index (χ4n) is 3.89. The number of esters is 2. The standard InChI is InChI=1S/C32H43N3O9/c1-32(2,3)44-31(40)35-25(18-19-27(36)42-21-23-13-7-5-8-14-23)28(37)34-26(29(38)41-4)17-11-12-20-33-30(39)43-22-24-15-9-6-10-16-24/h5-10,13-16,25-26H,11-12,17-22H2,1-4H3,(H,33,39)(H,34,37)(H,35,40)/t25-,26+/m1/s1. The average molecular weight is 614 g/mol. The molecule has 0 aliphatic carbocycles. The van der Waals surface area contributed by atoms with Crippen LogP contribution in [0.4, 0.5) is 9.59 Å². The summed E-state index contributed by atoms with van der Waals surface area (Å²) in [6, 6.07) is 16.2. The van der Waals surface area contributed by atoms with Crippen molar-refractivity contribution in [1.29, 1.82) is 0 Å². The van der Waals surface area contributed by atoms with Crippen molar-refractivity contribution in [3.63, 3.8) is 0 Å². The molecular formula is C32H43N3O9. The lowest BCUT2D eigenvalue weighted by molar-refractivity contribution is -0.147. The van der Waals surface area contributed by atoms with Crippen molar-refractivity contribution < 1.29 is 42.9 Å². The highest BCUT2D eigenvalue weighted by Crippen LogP contribution is 2.11. The first-order chi connectivity index (χ1) is 21.0. The second-order valence-corrected chi connectivity index (χ2v) is 11.0. The summed E-state index contributed by atoms with van der Waals surface area (Å²) in [7, 11) is 1.20. The number of methoxy groups -OCH3 is 1. The Bertz CT molecular complexity index is 1200. The Hall–Kier alpha value is -4.61. The minimum absolute atomic E-state index is 0.0695. The maximum absolute atomic E-state index is 13.2. The molecule has 44 heavy (non-hydrogen) atoms. The normalized spacial score (nSPS) is 12.2. The molecule has 0 spiro atoms. The summed E-state index contributed by atoms with van der Waals surface area (Å²) in [6.07, 6.45) is -0.527. The van der Waals surface area contributed by atoms with Crippen LogP contribution in [-0.2, 0) is 46.5 Å². The Labute approximate surface area is 258 Å². The SMILES string of the molecule is COC(=O)[C@H](CCCCNC(=O)OCc1ccccc1)NC(=O)[C@@H](CCC(=O)OCc1ccccc1)NC(=O)OC(C)(C)C. The van der Waals surface area contributed by atoms with Crippen molar-refractivity contribution in [3.05, 3.63) is 71.8 Å². The van der Waals surface area contributed by atoms with Crippen LogP contribution in [0.25, 0.3) is 0 Å². The van der Waals surface area contributed by atoms with Gasteiger partial charge in [-0.2, -0.15) is 0 Å². The molecule has 2 atom stereocenters. The van der Waals surface area contributed by atoms with Gasteiger partial charge in [0, 0.05) is 13.0 Å². The largest absolute Gasteiger partial charge is 0.467 e. The number of amides is 3. The second kappa shape index (κ2) is 18.8. The van der Waals surface area contributed by atoms with Crippen molar-refractivity contribution in [2.75, 3.05) is 13.7 Å². The van der Waals surface area contributed by atoms with E-state index in [1.807, 2.05) is 60.7 Å². The first-order valence-corrected chi connectivity index (χ1v) is 14.5. The average Bonchev–Trinajstić information content (AvgIpc) is 2.99. The maximum atomic E-state index is 13.2. The molecule has 2 aromatic carbocycles. The Morgan fingerprint density at radius 2 is 1.32 bits per heavy atom. The Kier molecular flexibility index (Phi) is 15.2. The van der Waals surface area contributed by atoms with Gasteiger partial charge in [-0.25, -0.2) is 14.4 Å². The van der Waals surface area contributed by atoms with Gasteiger partial charge >= 0.3 is 24.1 Å². The van der Waals surface area contributed by atoms with Crippen LogP contribution < -0.4 is 16.0 Å². The van der Waals surface area contributed by atoms with Crippen molar-refractivity contribution >= 4 is 30.0 Å². The van der Waals surface area contributed by atoms with Gasteiger partial charge in [-0.05, 0) is 57.6 Å². The number of rotatable bonds is 16. The van der Waals surface area contributed by atoms with Crippen LogP contribution in [0.1, 0.15) is 64.0 Å². The molecule has 2 aromatic rings. The molecule has 0 unspecified atom stereocenters. The molecule has 0 saturated heterocycles. The smallest absolute Gasteiger partial charge is 0.408 e. The van der Waals surface area contributed by atoms with E-state index >= 15 is 0 Å². The summed E-state index contributed by atoms with van der Waals surface area (Å²) in [5, 5.41) is 7.74. The number of hydrogen-bond donors (Lipinski definition) is 3. The van der Waals surface area contributed by atoms with E-state index in [0.29, 0.717) is 19.4 Å². The van der Waals surface area contributed by atoms with Gasteiger partial charge < -0.3 is 34.9 Å². The van der Waals surface area contributed by atoms with Crippen LogP contribution in [0.15, 0.2) is 60.7 Å². The van der Waals surface area contributed by atoms with Crippen molar-refractivity contribution in [2.24, 2.45) is 0 Å². The van der Waals surface area contributed by atoms with E-state index in [2.05, 4.69) is 16.0 Å². The van der Waals surface area contributed by atoms with Crippen molar-refractivity contribution in [2.45, 2.75) is 83.8 Å². The molecule has 0 bridgehead atoms. The topological polar surface area (TPSA) is 158 Å². The first-order valence-electron chi connectivity index (χ1n) is 14.5. The van der Waals surface area contributed by atoms with E-state index in [-0.39, 0.29) is 32.5 Å². The molecule has 0 aromatic heterocycles. The van der Waals surface area contributed by atoms with Crippen LogP contribution in [0, 0.1) is 0 Å². The van der Waals surface area contributed by atoms with Gasteiger partial charge in [0.2, 0.25) is 5.91 Å². The predicted molar refractivity (Wildman–Crippen MR) is 161 cm³/mol. The third kappa shape index (κ3) is 15.0. The summed E-state index contributed by atoms with van der Waals surface area (Å²) in [4.78, 5) is 62.5. The van der Waals surface area contributed by atoms with Crippen molar-refractivity contribution in [3.8, 4) is 0 Å². The molecule has 12 heteroatoms. The van der Waals surface area contributed by atoms with Gasteiger partial charge in [0.1, 0.15) is 30.9 Å². The van der Waals surface area contributed by atoms with Gasteiger partial charge in [0.25, 0.3) is 0 Å². The molecule has 12 nitrogen and oxygen atoms in total. The third-order valence-electron chi connectivity index (χ3n) is 6.09. The fraction of sp³-hybridized carbons (Fsp3) is 0.469. The fourth-order valence-corrected chi connectivity index (χ4v) is 3.89. The van der Waals surface area contributed by atoms with Gasteiger partial charge in [0.15, 0.2) is 0 Å². The second-order valence-electron chi connectivity index (χ2n) is 11.0. The Balaban J connectivity index is 1.88. The number of ether oxygens (including phenoxy) is 4. The third-order valence-corrected chi connectivity index (χ3v) is 6.09. The number of hydrogen-bond acceptors (Lipinski definition) is 9. The number of carbonyl (C=O) groups is 5. The molecule has 0 aliphatic heterocycles. The summed E-state index contributed by atoms with van der Waals surface area (Å²) in [6.45, 7) is 5.53. The van der Waals surface area contributed by atoms with E-state index in [9.17, 15) is 24.0 Å². The molecule has 0 aliphatic rings. The molecule has 0 radical (unpaired) electrons. The quantitative estimate of drug-likeness (QED) is 0.144. The Morgan fingerprint density at radius 1 is 0.727 bits per heavy atom. The molecule has 2 rings (SSSR count). The minimum atomic E-state index is -1.19. The summed E-state index contributed by atoms with van der Waals surface area (Å²) in [5.74, 6) is -1.92. The van der Waals surface area contributed by atoms with Gasteiger partial charge in [-0.3, -0.25) is 9.59 Å². The highest BCUT2D eigenvalue weighted by Gasteiger charge is 2.29. The zero-order valence-electron chi connectivity index (χ0n) is 25.8. The van der Waals surface area contributed by atoms with Crippen LogP contribution in [0.2, 0.25) is 0 Å². The number of alkyl carbamates (subject to hydrolysis) is 2. The molecule has 0 fully saturated rings. The highest BCUT2D eigenvalue weighted by molar-refractivity contribution is 5.90. The van der Waals surface area contributed by atoms with Gasteiger partial charge in [-0.1, -0.05) is 60.7 Å². The van der Waals surface area contributed by atoms with Gasteiger partial charge in [0.05, 0.1) is 7.11 Å². The Morgan fingerprint density at radius 3 is 1.89 bits per heavy atom. The monoisotopic (exact) mass is 613 g/mol. The van der Waals surface area contributed by atoms with Crippen LogP contribution in [0.3, 0.4) is 0 Å². The van der Waals surface area contributed by atoms with Crippen LogP contribution >= 0.6 is 0 Å². The number of benzene rings is 2. The zero-order valence-corrected chi connectivity index (χ0v) is 25.8. The summed E-state index contributed by atoms with van der Waals surface area (Å²) >= 11 is 0. The van der Waals surface area contributed by atoms with E-state index in [0.717, 1.165) is 11.1 Å². The molecular weight excluding hydrogens is 570 g/mol. The number of nitrogens with one attached hydrogen (secondary N) is 3. The van der Waals surface area contributed by atoms with Gasteiger partial charge in [-0.15, -0.1) is 0 Å². The first kappa shape index (κ1) is 35.6. The molecule has 0 heterocycles. The summed E-state index contributed by atoms with van der Waals surface area (Å²) < 4.78 is 20.6. The van der Waals surface area contributed by atoms with E-state index < -0.39 is 47.7 Å². The van der Waals surface area contributed by atoms with Crippen LogP contribution in [-0.4, -0.2) is 61.4 Å².